The Labute approximate surface area is 192 Å². The molecule has 4 aromatic rings. The maximum absolute atomic E-state index is 12.7. The second kappa shape index (κ2) is 9.27. The van der Waals surface area contributed by atoms with E-state index in [1.54, 1.807) is 37.4 Å². The summed E-state index contributed by atoms with van der Waals surface area (Å²) in [7, 11) is 4.51. The molecule has 0 aliphatic rings. The van der Waals surface area contributed by atoms with Gasteiger partial charge in [-0.05, 0) is 57.9 Å². The zero-order valence-corrected chi connectivity index (χ0v) is 19.2. The second-order valence-corrected chi connectivity index (χ2v) is 7.58. The highest BCUT2D eigenvalue weighted by Crippen LogP contribution is 2.40. The zero-order chi connectivity index (χ0) is 22.7. The van der Waals surface area contributed by atoms with Crippen molar-refractivity contribution >= 4 is 21.9 Å². The number of halogens is 1. The van der Waals surface area contributed by atoms with Crippen LogP contribution in [0.2, 0.25) is 0 Å². The molecule has 2 aromatic carbocycles. The predicted octanol–water partition coefficient (Wildman–Crippen LogP) is 4.61. The Morgan fingerprint density at radius 2 is 1.72 bits per heavy atom. The fourth-order valence-corrected chi connectivity index (χ4v) is 3.92. The fraction of sp³-hybridized carbons (Fsp3) is 0.174. The Hall–Kier alpha value is -3.59. The van der Waals surface area contributed by atoms with Crippen LogP contribution in [-0.2, 0) is 9.53 Å². The van der Waals surface area contributed by atoms with Crippen LogP contribution in [0.3, 0.4) is 0 Å². The van der Waals surface area contributed by atoms with E-state index >= 15 is 0 Å². The van der Waals surface area contributed by atoms with Crippen molar-refractivity contribution < 1.29 is 23.4 Å². The van der Waals surface area contributed by atoms with Crippen molar-refractivity contribution in [2.24, 2.45) is 0 Å². The molecule has 0 radical (unpaired) electrons. The Morgan fingerprint density at radius 1 is 1.03 bits per heavy atom. The number of carbonyl (C=O) groups excluding carboxylic acids is 1. The van der Waals surface area contributed by atoms with Crippen molar-refractivity contribution in [2.75, 3.05) is 21.3 Å². The van der Waals surface area contributed by atoms with Gasteiger partial charge < -0.3 is 18.6 Å². The van der Waals surface area contributed by atoms with E-state index in [4.69, 9.17) is 18.6 Å². The van der Waals surface area contributed by atoms with Gasteiger partial charge in [-0.25, -0.2) is 9.67 Å². The van der Waals surface area contributed by atoms with Gasteiger partial charge in [0, 0.05) is 5.56 Å². The van der Waals surface area contributed by atoms with E-state index in [0.29, 0.717) is 27.5 Å². The van der Waals surface area contributed by atoms with Crippen LogP contribution in [0.5, 0.6) is 11.5 Å². The third-order valence-corrected chi connectivity index (χ3v) is 5.77. The van der Waals surface area contributed by atoms with Crippen LogP contribution in [0.15, 0.2) is 70.1 Å². The van der Waals surface area contributed by atoms with Gasteiger partial charge >= 0.3 is 5.97 Å². The maximum Gasteiger partial charge on any atom is 0.320 e. The van der Waals surface area contributed by atoms with Crippen molar-refractivity contribution in [1.29, 1.82) is 0 Å². The van der Waals surface area contributed by atoms with E-state index in [1.807, 2.05) is 36.4 Å². The monoisotopic (exact) mass is 497 g/mol. The Balaban J connectivity index is 1.70. The minimum Gasteiger partial charge on any atom is -0.495 e. The lowest BCUT2D eigenvalue weighted by molar-refractivity contribution is -0.141. The lowest BCUT2D eigenvalue weighted by atomic mass is 9.96. The molecule has 4 rings (SSSR count). The molecule has 2 heterocycles. The molecule has 0 amide bonds. The molecule has 164 valence electrons. The van der Waals surface area contributed by atoms with E-state index in [1.165, 1.54) is 13.4 Å². The molecule has 0 saturated heterocycles. The number of benzene rings is 2. The average Bonchev–Trinajstić information content (AvgIpc) is 3.53. The van der Waals surface area contributed by atoms with Crippen molar-refractivity contribution in [3.8, 4) is 28.5 Å². The Bertz CT molecular complexity index is 1190. The van der Waals surface area contributed by atoms with Crippen molar-refractivity contribution in [3.05, 3.63) is 77.0 Å². The average molecular weight is 498 g/mol. The molecule has 32 heavy (non-hydrogen) atoms. The van der Waals surface area contributed by atoms with Crippen LogP contribution in [0.25, 0.3) is 17.0 Å². The molecule has 0 bridgehead atoms. The molecular weight excluding hydrogens is 478 g/mol. The first-order valence-electron chi connectivity index (χ1n) is 9.60. The summed E-state index contributed by atoms with van der Waals surface area (Å²) in [5, 5.41) is 4.11. The highest BCUT2D eigenvalue weighted by atomic mass is 79.9. The third kappa shape index (κ3) is 4.11. The lowest BCUT2D eigenvalue weighted by Crippen LogP contribution is -2.15. The van der Waals surface area contributed by atoms with Crippen LogP contribution < -0.4 is 9.47 Å². The van der Waals surface area contributed by atoms with Gasteiger partial charge in [-0.1, -0.05) is 12.1 Å². The lowest BCUT2D eigenvalue weighted by Gasteiger charge is -2.14. The maximum atomic E-state index is 12.7. The molecule has 9 heteroatoms. The number of nitrogens with zero attached hydrogens (tertiary/aromatic N) is 3. The molecule has 1 atom stereocenters. The molecule has 0 spiro atoms. The Kier molecular flexibility index (Phi) is 6.27. The number of carbonyl (C=O) groups is 1. The molecule has 0 aliphatic heterocycles. The molecule has 0 aliphatic carbocycles. The van der Waals surface area contributed by atoms with Gasteiger partial charge in [-0.15, -0.1) is 0 Å². The highest BCUT2D eigenvalue weighted by molar-refractivity contribution is 9.10. The summed E-state index contributed by atoms with van der Waals surface area (Å²) in [6.45, 7) is 0. The van der Waals surface area contributed by atoms with Gasteiger partial charge in [0.05, 0.1) is 27.0 Å². The van der Waals surface area contributed by atoms with Crippen molar-refractivity contribution in [3.63, 3.8) is 0 Å². The van der Waals surface area contributed by atoms with Crippen LogP contribution >= 0.6 is 15.9 Å². The number of hydrogen-bond donors (Lipinski definition) is 0. The summed E-state index contributed by atoms with van der Waals surface area (Å²) in [4.78, 5) is 16.6. The normalized spacial score (nSPS) is 11.8. The summed E-state index contributed by atoms with van der Waals surface area (Å²) >= 11 is 3.46. The predicted molar refractivity (Wildman–Crippen MR) is 120 cm³/mol. The largest absolute Gasteiger partial charge is 0.495 e. The summed E-state index contributed by atoms with van der Waals surface area (Å²) in [6.07, 6.45) is 3.06. The van der Waals surface area contributed by atoms with Gasteiger partial charge in [-0.2, -0.15) is 5.10 Å². The van der Waals surface area contributed by atoms with Crippen LogP contribution in [0, 0.1) is 0 Å². The summed E-state index contributed by atoms with van der Waals surface area (Å²) in [6, 6.07) is 14.6. The quantitative estimate of drug-likeness (QED) is 0.344. The second-order valence-electron chi connectivity index (χ2n) is 6.78. The highest BCUT2D eigenvalue weighted by Gasteiger charge is 2.27. The fourth-order valence-electron chi connectivity index (χ4n) is 3.37. The Morgan fingerprint density at radius 3 is 2.28 bits per heavy atom. The molecule has 0 saturated carbocycles. The third-order valence-electron chi connectivity index (χ3n) is 4.99. The molecule has 0 N–H and O–H groups in total. The summed E-state index contributed by atoms with van der Waals surface area (Å²) < 4.78 is 24.3. The van der Waals surface area contributed by atoms with E-state index < -0.39 is 11.9 Å². The molecule has 8 nitrogen and oxygen atoms in total. The number of aromatic nitrogens is 3. The van der Waals surface area contributed by atoms with Gasteiger partial charge in [0.25, 0.3) is 0 Å². The first-order valence-corrected chi connectivity index (χ1v) is 10.4. The van der Waals surface area contributed by atoms with Gasteiger partial charge in [-0.3, -0.25) is 4.79 Å². The smallest absolute Gasteiger partial charge is 0.320 e. The standard InChI is InChI=1S/C23H20BrN3O5/c1-29-19-10-15(11-20(30-2)22(19)24)17-8-9-18(32-17)21(23(28)31-3)14-4-6-16(7-5-14)27-13-25-12-26-27/h4-13,21H,1-3H3. The zero-order valence-electron chi connectivity index (χ0n) is 17.6. The summed E-state index contributed by atoms with van der Waals surface area (Å²) in [5.41, 5.74) is 2.30. The number of rotatable bonds is 7. The minimum absolute atomic E-state index is 0.426. The van der Waals surface area contributed by atoms with Crippen LogP contribution in [-0.4, -0.2) is 42.1 Å². The van der Waals surface area contributed by atoms with Gasteiger partial charge in [0.15, 0.2) is 0 Å². The molecule has 2 aromatic heterocycles. The van der Waals surface area contributed by atoms with Crippen molar-refractivity contribution in [1.82, 2.24) is 14.8 Å². The number of esters is 1. The van der Waals surface area contributed by atoms with Crippen molar-refractivity contribution in [2.45, 2.75) is 5.92 Å². The molecule has 1 unspecified atom stereocenters. The van der Waals surface area contributed by atoms with Gasteiger partial charge in [0.2, 0.25) is 0 Å². The first kappa shape index (κ1) is 21.6. The van der Waals surface area contributed by atoms with E-state index in [-0.39, 0.29) is 0 Å². The number of methoxy groups -OCH3 is 3. The molecular formula is C23H20BrN3O5. The van der Waals surface area contributed by atoms with E-state index in [0.717, 1.165) is 16.8 Å². The number of furan rings is 1. The SMILES string of the molecule is COC(=O)C(c1ccc(-n2cncn2)cc1)c1ccc(-c2cc(OC)c(Br)c(OC)c2)o1. The van der Waals surface area contributed by atoms with Crippen LogP contribution in [0.4, 0.5) is 0 Å². The first-order chi connectivity index (χ1) is 15.5. The van der Waals surface area contributed by atoms with E-state index in [2.05, 4.69) is 26.0 Å². The summed E-state index contributed by atoms with van der Waals surface area (Å²) in [5.74, 6) is 1.08. The van der Waals surface area contributed by atoms with E-state index in [9.17, 15) is 4.79 Å². The number of ether oxygens (including phenoxy) is 3. The molecule has 0 fully saturated rings. The minimum atomic E-state index is -0.724. The van der Waals surface area contributed by atoms with Crippen LogP contribution in [0.1, 0.15) is 17.2 Å². The topological polar surface area (TPSA) is 88.6 Å². The number of hydrogen-bond acceptors (Lipinski definition) is 7. The van der Waals surface area contributed by atoms with Gasteiger partial charge in [0.1, 0.15) is 46.1 Å².